The Labute approximate surface area is 154 Å². The molecule has 0 radical (unpaired) electrons. The number of halogens is 2. The Bertz CT molecular complexity index is 624. The molecule has 2 N–H and O–H groups in total. The first kappa shape index (κ1) is 23.0. The molecule has 1 fully saturated rings. The van der Waals surface area contributed by atoms with Gasteiger partial charge in [0.15, 0.2) is 0 Å². The van der Waals surface area contributed by atoms with Crippen LogP contribution in [0.4, 0.5) is 5.69 Å². The summed E-state index contributed by atoms with van der Waals surface area (Å²) in [5.74, 6) is 0. The summed E-state index contributed by atoms with van der Waals surface area (Å²) in [5.41, 5.74) is -0.233. The molecular weight excluding hydrogens is 379 g/mol. The molecule has 138 valence electrons. The monoisotopic (exact) mass is 400 g/mol. The fraction of sp³-hybridized carbons (Fsp3) is 0.538. The molecule has 0 atom stereocenters. The van der Waals surface area contributed by atoms with E-state index in [-0.39, 0.29) is 35.4 Å². The van der Waals surface area contributed by atoms with Crippen LogP contribution in [0.15, 0.2) is 29.2 Å². The fourth-order valence-corrected chi connectivity index (χ4v) is 3.40. The number of nitro groups is 1. The van der Waals surface area contributed by atoms with Crippen LogP contribution in [0, 0.1) is 10.1 Å². The lowest BCUT2D eigenvalue weighted by Crippen LogP contribution is -2.44. The lowest BCUT2D eigenvalue weighted by atomic mass is 10.3. The van der Waals surface area contributed by atoms with Crippen molar-refractivity contribution in [1.29, 1.82) is 0 Å². The topological polar surface area (TPSA) is 105 Å². The smallest absolute Gasteiger partial charge is 0.270 e. The second-order valence-electron chi connectivity index (χ2n) is 5.10. The molecule has 0 unspecified atom stereocenters. The first-order valence-electron chi connectivity index (χ1n) is 7.16. The van der Waals surface area contributed by atoms with Gasteiger partial charge < -0.3 is 10.2 Å². The second kappa shape index (κ2) is 10.8. The van der Waals surface area contributed by atoms with Gasteiger partial charge in [0.25, 0.3) is 5.69 Å². The first-order chi connectivity index (χ1) is 10.5. The normalized spacial score (nSPS) is 15.2. The van der Waals surface area contributed by atoms with Crippen LogP contribution in [0.2, 0.25) is 0 Å². The molecule has 1 aromatic carbocycles. The van der Waals surface area contributed by atoms with E-state index in [1.54, 1.807) is 0 Å². The van der Waals surface area contributed by atoms with Crippen LogP contribution in [0.25, 0.3) is 0 Å². The van der Waals surface area contributed by atoms with Crippen molar-refractivity contribution in [2.24, 2.45) is 0 Å². The van der Waals surface area contributed by atoms with E-state index >= 15 is 0 Å². The van der Waals surface area contributed by atoms with Gasteiger partial charge in [0.1, 0.15) is 0 Å². The molecule has 8 nitrogen and oxygen atoms in total. The molecule has 24 heavy (non-hydrogen) atoms. The van der Waals surface area contributed by atoms with E-state index in [1.807, 2.05) is 0 Å². The van der Waals surface area contributed by atoms with Crippen molar-refractivity contribution in [2.45, 2.75) is 11.3 Å². The van der Waals surface area contributed by atoms with Gasteiger partial charge in [-0.1, -0.05) is 6.07 Å². The van der Waals surface area contributed by atoms with Crippen molar-refractivity contribution < 1.29 is 13.3 Å². The summed E-state index contributed by atoms with van der Waals surface area (Å²) in [6, 6.07) is 5.06. The number of hydrogen-bond acceptors (Lipinski definition) is 6. The lowest BCUT2D eigenvalue weighted by molar-refractivity contribution is -0.385. The first-order valence-corrected chi connectivity index (χ1v) is 8.64. The van der Waals surface area contributed by atoms with Gasteiger partial charge in [-0.25, -0.2) is 13.1 Å². The van der Waals surface area contributed by atoms with Crippen molar-refractivity contribution in [3.8, 4) is 0 Å². The van der Waals surface area contributed by atoms with Gasteiger partial charge in [-0.2, -0.15) is 0 Å². The van der Waals surface area contributed by atoms with Crippen LogP contribution in [0.1, 0.15) is 6.42 Å². The standard InChI is InChI=1S/C13H20N4O4S.2ClH/c18-17(19)12-3-1-4-13(11-12)22(20,21)15-5-2-8-16-9-6-14-7-10-16;;/h1,3-4,11,14-15H,2,5-10H2;2*1H. The molecule has 1 aromatic rings. The maximum absolute atomic E-state index is 12.1. The Morgan fingerprint density at radius 3 is 2.54 bits per heavy atom. The van der Waals surface area contributed by atoms with Gasteiger partial charge in [-0.3, -0.25) is 10.1 Å². The zero-order chi connectivity index (χ0) is 16.0. The zero-order valence-corrected chi connectivity index (χ0v) is 15.5. The Morgan fingerprint density at radius 1 is 1.25 bits per heavy atom. The van der Waals surface area contributed by atoms with Crippen molar-refractivity contribution in [1.82, 2.24) is 14.9 Å². The average Bonchev–Trinajstić information content (AvgIpc) is 2.53. The Morgan fingerprint density at radius 2 is 1.92 bits per heavy atom. The summed E-state index contributed by atoms with van der Waals surface area (Å²) < 4.78 is 26.7. The minimum Gasteiger partial charge on any atom is -0.314 e. The minimum absolute atomic E-state index is 0. The molecule has 1 saturated heterocycles. The highest BCUT2D eigenvalue weighted by molar-refractivity contribution is 7.89. The van der Waals surface area contributed by atoms with Gasteiger partial charge in [0.2, 0.25) is 10.0 Å². The number of non-ortho nitro benzene ring substituents is 1. The summed E-state index contributed by atoms with van der Waals surface area (Å²) >= 11 is 0. The number of rotatable bonds is 7. The fourth-order valence-electron chi connectivity index (χ4n) is 2.29. The summed E-state index contributed by atoms with van der Waals surface area (Å²) in [4.78, 5) is 12.3. The largest absolute Gasteiger partial charge is 0.314 e. The van der Waals surface area contributed by atoms with Crippen LogP contribution in [0.3, 0.4) is 0 Å². The minimum atomic E-state index is -3.70. The van der Waals surface area contributed by atoms with Gasteiger partial charge in [-0.05, 0) is 19.0 Å². The van der Waals surface area contributed by atoms with E-state index < -0.39 is 14.9 Å². The maximum atomic E-state index is 12.1. The Hall–Kier alpha value is -0.970. The van der Waals surface area contributed by atoms with E-state index in [9.17, 15) is 18.5 Å². The SMILES string of the molecule is Cl.Cl.O=[N+]([O-])c1cccc(S(=O)(=O)NCCCN2CCNCC2)c1. The summed E-state index contributed by atoms with van der Waals surface area (Å²) in [6.07, 6.45) is 0.703. The summed E-state index contributed by atoms with van der Waals surface area (Å²) in [5, 5.41) is 14.0. The van der Waals surface area contributed by atoms with Gasteiger partial charge in [0.05, 0.1) is 9.82 Å². The van der Waals surface area contributed by atoms with E-state index in [2.05, 4.69) is 14.9 Å². The van der Waals surface area contributed by atoms with E-state index in [0.29, 0.717) is 13.0 Å². The number of hydrogen-bond donors (Lipinski definition) is 2. The molecular formula is C13H22Cl2N4O4S. The van der Waals surface area contributed by atoms with E-state index in [1.165, 1.54) is 18.2 Å². The average molecular weight is 401 g/mol. The molecule has 2 rings (SSSR count). The number of piperazine rings is 1. The van der Waals surface area contributed by atoms with Crippen molar-refractivity contribution in [3.05, 3.63) is 34.4 Å². The van der Waals surface area contributed by atoms with Crippen LogP contribution in [-0.2, 0) is 10.0 Å². The predicted octanol–water partition coefficient (Wildman–Crippen LogP) is 1.01. The van der Waals surface area contributed by atoms with E-state index in [4.69, 9.17) is 0 Å². The molecule has 0 saturated carbocycles. The van der Waals surface area contributed by atoms with Crippen LogP contribution in [-0.4, -0.2) is 57.5 Å². The quantitative estimate of drug-likeness (QED) is 0.402. The third-order valence-corrected chi connectivity index (χ3v) is 4.95. The number of nitro benzene ring substituents is 1. The molecule has 1 heterocycles. The van der Waals surface area contributed by atoms with Crippen LogP contribution in [0.5, 0.6) is 0 Å². The third-order valence-electron chi connectivity index (χ3n) is 3.49. The van der Waals surface area contributed by atoms with E-state index in [0.717, 1.165) is 38.8 Å². The predicted molar refractivity (Wildman–Crippen MR) is 96.7 cm³/mol. The lowest BCUT2D eigenvalue weighted by Gasteiger charge is -2.27. The number of benzene rings is 1. The summed E-state index contributed by atoms with van der Waals surface area (Å²) in [6.45, 7) is 5.00. The highest BCUT2D eigenvalue weighted by Crippen LogP contribution is 2.16. The molecule has 0 aromatic heterocycles. The third kappa shape index (κ3) is 6.88. The number of nitrogens with zero attached hydrogens (tertiary/aromatic N) is 2. The maximum Gasteiger partial charge on any atom is 0.270 e. The molecule has 11 heteroatoms. The van der Waals surface area contributed by atoms with Crippen molar-refractivity contribution in [3.63, 3.8) is 0 Å². The van der Waals surface area contributed by atoms with Crippen LogP contribution >= 0.6 is 24.8 Å². The van der Waals surface area contributed by atoms with Crippen LogP contribution < -0.4 is 10.0 Å². The number of nitrogens with one attached hydrogen (secondary N) is 2. The van der Waals surface area contributed by atoms with Gasteiger partial charge in [0, 0.05) is 44.9 Å². The van der Waals surface area contributed by atoms with Crippen molar-refractivity contribution >= 4 is 40.5 Å². The molecule has 1 aliphatic heterocycles. The molecule has 0 bridgehead atoms. The molecule has 0 aliphatic carbocycles. The van der Waals surface area contributed by atoms with Crippen molar-refractivity contribution in [2.75, 3.05) is 39.3 Å². The Kier molecular flexibility index (Phi) is 10.4. The van der Waals surface area contributed by atoms with Gasteiger partial charge in [-0.15, -0.1) is 24.8 Å². The Balaban J connectivity index is 0.00000264. The molecule has 1 aliphatic rings. The van der Waals surface area contributed by atoms with Gasteiger partial charge >= 0.3 is 0 Å². The number of sulfonamides is 1. The molecule has 0 amide bonds. The highest BCUT2D eigenvalue weighted by atomic mass is 35.5. The molecule has 0 spiro atoms. The summed E-state index contributed by atoms with van der Waals surface area (Å²) in [7, 11) is -3.70. The zero-order valence-electron chi connectivity index (χ0n) is 13.0. The highest BCUT2D eigenvalue weighted by Gasteiger charge is 2.17. The second-order valence-corrected chi connectivity index (χ2v) is 6.86.